The van der Waals surface area contributed by atoms with Gasteiger partial charge in [0.05, 0.1) is 10.9 Å². The van der Waals surface area contributed by atoms with Crippen molar-refractivity contribution in [2.45, 2.75) is 38.2 Å². The molecule has 0 fully saturated rings. The molecule has 0 aromatic carbocycles. The summed E-state index contributed by atoms with van der Waals surface area (Å²) in [4.78, 5) is 3.74. The normalized spacial score (nSPS) is 13.6. The molecule has 0 aliphatic heterocycles. The molecule has 1 aromatic heterocycles. The monoisotopic (exact) mass is 294 g/mol. The van der Waals surface area contributed by atoms with Crippen molar-refractivity contribution in [3.05, 3.63) is 23.9 Å². The van der Waals surface area contributed by atoms with E-state index in [-0.39, 0.29) is 23.7 Å². The van der Waals surface area contributed by atoms with E-state index in [9.17, 15) is 13.2 Å². The van der Waals surface area contributed by atoms with Gasteiger partial charge in [0.2, 0.25) is 0 Å². The molecule has 2 nitrogen and oxygen atoms in total. The minimum Gasteiger partial charge on any atom is -0.368 e. The zero-order chi connectivity index (χ0) is 14.5. The smallest absolute Gasteiger partial charge is 0.368 e. The largest absolute Gasteiger partial charge is 0.419 e. The molecular formula is C13H18ClF3N2. The van der Waals surface area contributed by atoms with Crippen LogP contribution in [-0.4, -0.2) is 16.9 Å². The Bertz CT molecular complexity index is 392. The fourth-order valence-electron chi connectivity index (χ4n) is 1.94. The van der Waals surface area contributed by atoms with Gasteiger partial charge in [-0.2, -0.15) is 13.2 Å². The highest BCUT2D eigenvalue weighted by atomic mass is 35.5. The molecule has 1 atom stereocenters. The molecule has 108 valence electrons. The van der Waals surface area contributed by atoms with E-state index in [1.54, 1.807) is 0 Å². The summed E-state index contributed by atoms with van der Waals surface area (Å²) in [7, 11) is 0. The van der Waals surface area contributed by atoms with Crippen LogP contribution in [-0.2, 0) is 6.18 Å². The van der Waals surface area contributed by atoms with E-state index in [1.807, 2.05) is 13.8 Å². The zero-order valence-corrected chi connectivity index (χ0v) is 11.7. The summed E-state index contributed by atoms with van der Waals surface area (Å²) in [6, 6.07) is 2.28. The number of rotatable bonds is 6. The van der Waals surface area contributed by atoms with Crippen LogP contribution in [0.3, 0.4) is 0 Å². The van der Waals surface area contributed by atoms with Gasteiger partial charge >= 0.3 is 6.18 Å². The van der Waals surface area contributed by atoms with Gasteiger partial charge in [0, 0.05) is 12.7 Å². The topological polar surface area (TPSA) is 24.9 Å². The van der Waals surface area contributed by atoms with Gasteiger partial charge in [-0.3, -0.25) is 0 Å². The molecule has 1 N–H and O–H groups in total. The molecule has 0 saturated carbocycles. The van der Waals surface area contributed by atoms with E-state index in [1.165, 1.54) is 12.3 Å². The van der Waals surface area contributed by atoms with Gasteiger partial charge in [0.1, 0.15) is 5.82 Å². The van der Waals surface area contributed by atoms with Crippen LogP contribution in [0.5, 0.6) is 0 Å². The second-order valence-electron chi connectivity index (χ2n) is 4.37. The van der Waals surface area contributed by atoms with Gasteiger partial charge < -0.3 is 5.32 Å². The Morgan fingerprint density at radius 2 is 1.95 bits per heavy atom. The van der Waals surface area contributed by atoms with Crippen LogP contribution in [0, 0.1) is 5.92 Å². The molecule has 1 rings (SSSR count). The molecule has 0 saturated heterocycles. The Labute approximate surface area is 116 Å². The third-order valence-electron chi connectivity index (χ3n) is 3.14. The first-order valence-electron chi connectivity index (χ1n) is 6.30. The molecule has 1 aromatic rings. The van der Waals surface area contributed by atoms with E-state index in [0.717, 1.165) is 18.9 Å². The summed E-state index contributed by atoms with van der Waals surface area (Å²) in [6.45, 7) is 4.31. The highest BCUT2D eigenvalue weighted by molar-refractivity contribution is 6.21. The Kier molecular flexibility index (Phi) is 5.91. The number of pyridine rings is 1. The van der Waals surface area contributed by atoms with E-state index in [0.29, 0.717) is 0 Å². The fraction of sp³-hybridized carbons (Fsp3) is 0.615. The molecule has 0 spiro atoms. The third kappa shape index (κ3) is 4.56. The van der Waals surface area contributed by atoms with Crippen molar-refractivity contribution in [3.8, 4) is 0 Å². The number of alkyl halides is 4. The van der Waals surface area contributed by atoms with Crippen molar-refractivity contribution >= 4 is 17.4 Å². The lowest BCUT2D eigenvalue weighted by atomic mass is 9.99. The molecule has 0 aliphatic rings. The van der Waals surface area contributed by atoms with Crippen LogP contribution >= 0.6 is 11.6 Å². The first-order valence-corrected chi connectivity index (χ1v) is 6.73. The molecule has 0 radical (unpaired) electrons. The summed E-state index contributed by atoms with van der Waals surface area (Å²) >= 11 is 6.19. The van der Waals surface area contributed by atoms with Crippen LogP contribution in [0.1, 0.15) is 32.3 Å². The number of nitrogens with zero attached hydrogens (tertiary/aromatic N) is 1. The lowest BCUT2D eigenvalue weighted by molar-refractivity contribution is -0.137. The van der Waals surface area contributed by atoms with Crippen molar-refractivity contribution in [1.82, 2.24) is 4.98 Å². The summed E-state index contributed by atoms with van der Waals surface area (Å²) < 4.78 is 38.3. The number of hydrogen-bond acceptors (Lipinski definition) is 2. The molecule has 1 unspecified atom stereocenters. The molecule has 1 heterocycles. The lowest BCUT2D eigenvalue weighted by Crippen LogP contribution is -2.24. The van der Waals surface area contributed by atoms with Gasteiger partial charge in [-0.05, 0) is 18.1 Å². The second-order valence-corrected chi connectivity index (χ2v) is 4.93. The fourth-order valence-corrected chi connectivity index (χ4v) is 2.37. The summed E-state index contributed by atoms with van der Waals surface area (Å²) in [5.41, 5.74) is -0.761. The van der Waals surface area contributed by atoms with Gasteiger partial charge in [-0.15, -0.1) is 11.6 Å². The summed E-state index contributed by atoms with van der Waals surface area (Å²) in [6.07, 6.45) is -1.27. The zero-order valence-electron chi connectivity index (χ0n) is 11.0. The molecule has 0 bridgehead atoms. The highest BCUT2D eigenvalue weighted by Crippen LogP contribution is 2.33. The number of nitrogens with one attached hydrogen (secondary N) is 1. The molecule has 0 amide bonds. The Morgan fingerprint density at radius 1 is 1.32 bits per heavy atom. The standard InChI is InChI=1S/C13H18ClF3N2/c1-3-9(4-2)11(14)8-19-12-10(13(15,16)17)6-5-7-18-12/h5-7,9,11H,3-4,8H2,1-2H3,(H,18,19). The van der Waals surface area contributed by atoms with Gasteiger partial charge in [0.15, 0.2) is 0 Å². The van der Waals surface area contributed by atoms with E-state index < -0.39 is 11.7 Å². The minimum atomic E-state index is -4.41. The number of aromatic nitrogens is 1. The summed E-state index contributed by atoms with van der Waals surface area (Å²) in [5.74, 6) is 0.124. The molecule has 0 aliphatic carbocycles. The van der Waals surface area contributed by atoms with Crippen molar-refractivity contribution in [3.63, 3.8) is 0 Å². The summed E-state index contributed by atoms with van der Waals surface area (Å²) in [5, 5.41) is 2.50. The average Bonchev–Trinajstić information content (AvgIpc) is 2.37. The van der Waals surface area contributed by atoms with Crippen LogP contribution in [0.15, 0.2) is 18.3 Å². The van der Waals surface area contributed by atoms with E-state index in [2.05, 4.69) is 10.3 Å². The first kappa shape index (κ1) is 16.1. The highest BCUT2D eigenvalue weighted by Gasteiger charge is 2.34. The number of hydrogen-bond donors (Lipinski definition) is 1. The van der Waals surface area contributed by atoms with E-state index >= 15 is 0 Å². The predicted molar refractivity (Wildman–Crippen MR) is 71.4 cm³/mol. The number of halogens is 4. The molecule has 6 heteroatoms. The lowest BCUT2D eigenvalue weighted by Gasteiger charge is -2.21. The van der Waals surface area contributed by atoms with Crippen LogP contribution in [0.4, 0.5) is 19.0 Å². The van der Waals surface area contributed by atoms with Crippen molar-refractivity contribution in [2.75, 3.05) is 11.9 Å². The van der Waals surface area contributed by atoms with Gasteiger partial charge in [0.25, 0.3) is 0 Å². The van der Waals surface area contributed by atoms with Crippen LogP contribution in [0.25, 0.3) is 0 Å². The molecular weight excluding hydrogens is 277 g/mol. The maximum atomic E-state index is 12.8. The Morgan fingerprint density at radius 3 is 2.47 bits per heavy atom. The van der Waals surface area contributed by atoms with Crippen molar-refractivity contribution in [1.29, 1.82) is 0 Å². The van der Waals surface area contributed by atoms with Crippen LogP contribution < -0.4 is 5.32 Å². The maximum absolute atomic E-state index is 12.8. The first-order chi connectivity index (χ1) is 8.90. The Hall–Kier alpha value is -0.970. The SMILES string of the molecule is CCC(CC)C(Cl)CNc1ncccc1C(F)(F)F. The Balaban J connectivity index is 2.73. The van der Waals surface area contributed by atoms with Gasteiger partial charge in [-0.25, -0.2) is 4.98 Å². The second kappa shape index (κ2) is 6.98. The average molecular weight is 295 g/mol. The quantitative estimate of drug-likeness (QED) is 0.778. The van der Waals surface area contributed by atoms with E-state index in [4.69, 9.17) is 11.6 Å². The van der Waals surface area contributed by atoms with Crippen molar-refractivity contribution < 1.29 is 13.2 Å². The van der Waals surface area contributed by atoms with Crippen molar-refractivity contribution in [2.24, 2.45) is 5.92 Å². The number of anilines is 1. The maximum Gasteiger partial charge on any atom is 0.419 e. The van der Waals surface area contributed by atoms with Gasteiger partial charge in [-0.1, -0.05) is 26.7 Å². The van der Waals surface area contributed by atoms with Crippen LogP contribution in [0.2, 0.25) is 0 Å². The minimum absolute atomic E-state index is 0.161. The molecule has 19 heavy (non-hydrogen) atoms. The predicted octanol–water partition coefficient (Wildman–Crippen LogP) is 4.56. The third-order valence-corrected chi connectivity index (χ3v) is 3.65.